The normalized spacial score (nSPS) is 10.7. The fourth-order valence-electron chi connectivity index (χ4n) is 2.85. The Morgan fingerprint density at radius 1 is 1.26 bits per heavy atom. The highest BCUT2D eigenvalue weighted by atomic mass is 32.2. The van der Waals surface area contributed by atoms with Crippen LogP contribution in [0.3, 0.4) is 0 Å². The van der Waals surface area contributed by atoms with Crippen LogP contribution in [0.5, 0.6) is 0 Å². The second-order valence-electron chi connectivity index (χ2n) is 6.22. The molecule has 0 unspecified atom stereocenters. The molecular weight excluding hydrogens is 358 g/mol. The highest BCUT2D eigenvalue weighted by molar-refractivity contribution is 7.99. The largest absolute Gasteiger partial charge is 0.352 e. The molecule has 1 amide bonds. The van der Waals surface area contributed by atoms with Crippen molar-refractivity contribution in [3.05, 3.63) is 76.6 Å². The molecule has 0 atom stereocenters. The molecule has 3 rings (SSSR count). The summed E-state index contributed by atoms with van der Waals surface area (Å²) in [6.45, 7) is 7.98. The van der Waals surface area contributed by atoms with Gasteiger partial charge in [0.25, 0.3) is 5.56 Å². The van der Waals surface area contributed by atoms with Gasteiger partial charge < -0.3 is 5.32 Å². The van der Waals surface area contributed by atoms with Crippen LogP contribution < -0.4 is 10.9 Å². The second-order valence-corrected chi connectivity index (χ2v) is 7.17. The number of carbonyl (C=O) groups excluding carboxylic acids is 1. The van der Waals surface area contributed by atoms with Gasteiger partial charge in [-0.15, -0.1) is 6.58 Å². The van der Waals surface area contributed by atoms with Crippen LogP contribution in [0.15, 0.2) is 65.1 Å². The number of thioether (sulfide) groups is 1. The van der Waals surface area contributed by atoms with Crippen LogP contribution in [0.2, 0.25) is 0 Å². The van der Waals surface area contributed by atoms with Gasteiger partial charge in [0.1, 0.15) is 0 Å². The maximum atomic E-state index is 13.2. The van der Waals surface area contributed by atoms with E-state index < -0.39 is 0 Å². The third kappa shape index (κ3) is 4.11. The average molecular weight is 379 g/mol. The third-order valence-corrected chi connectivity index (χ3v) is 5.05. The van der Waals surface area contributed by atoms with E-state index >= 15 is 0 Å². The predicted octanol–water partition coefficient (Wildman–Crippen LogP) is 3.40. The van der Waals surface area contributed by atoms with E-state index in [0.29, 0.717) is 22.6 Å². The average Bonchev–Trinajstić information content (AvgIpc) is 2.66. The van der Waals surface area contributed by atoms with Crippen LogP contribution in [0, 0.1) is 13.8 Å². The standard InChI is InChI=1S/C21H21N3O2S/c1-4-11-22-19(25)13-27-21-23-17-8-6-5-7-16(17)20(26)24(21)18-10-9-14(2)12-15(18)3/h4-10,12H,1,11,13H2,2-3H3,(H,22,25). The van der Waals surface area contributed by atoms with E-state index in [1.54, 1.807) is 16.7 Å². The first kappa shape index (κ1) is 18.9. The quantitative estimate of drug-likeness (QED) is 0.405. The van der Waals surface area contributed by atoms with Crippen LogP contribution >= 0.6 is 11.8 Å². The topological polar surface area (TPSA) is 64.0 Å². The van der Waals surface area contributed by atoms with Gasteiger partial charge in [-0.05, 0) is 37.6 Å². The van der Waals surface area contributed by atoms with Gasteiger partial charge in [0.2, 0.25) is 5.91 Å². The maximum absolute atomic E-state index is 13.2. The molecule has 0 aliphatic heterocycles. The summed E-state index contributed by atoms with van der Waals surface area (Å²) < 4.78 is 1.60. The maximum Gasteiger partial charge on any atom is 0.266 e. The van der Waals surface area contributed by atoms with E-state index in [-0.39, 0.29) is 17.2 Å². The molecule has 0 saturated heterocycles. The van der Waals surface area contributed by atoms with Crippen molar-refractivity contribution in [1.29, 1.82) is 0 Å². The smallest absolute Gasteiger partial charge is 0.266 e. The number of rotatable bonds is 6. The first-order valence-electron chi connectivity index (χ1n) is 8.61. The van der Waals surface area contributed by atoms with Crippen molar-refractivity contribution in [2.45, 2.75) is 19.0 Å². The zero-order chi connectivity index (χ0) is 19.4. The fourth-order valence-corrected chi connectivity index (χ4v) is 3.68. The molecule has 0 aliphatic rings. The minimum Gasteiger partial charge on any atom is -0.352 e. The Morgan fingerprint density at radius 3 is 2.78 bits per heavy atom. The molecule has 3 aromatic rings. The lowest BCUT2D eigenvalue weighted by atomic mass is 10.1. The number of aromatic nitrogens is 2. The number of carbonyl (C=O) groups is 1. The SMILES string of the molecule is C=CCNC(=O)CSc1nc2ccccc2c(=O)n1-c1ccc(C)cc1C. The molecule has 0 fully saturated rings. The Bertz CT molecular complexity index is 1070. The van der Waals surface area contributed by atoms with Crippen molar-refractivity contribution in [3.63, 3.8) is 0 Å². The van der Waals surface area contributed by atoms with E-state index in [1.807, 2.05) is 50.2 Å². The number of para-hydroxylation sites is 1. The number of hydrogen-bond donors (Lipinski definition) is 1. The van der Waals surface area contributed by atoms with E-state index in [9.17, 15) is 9.59 Å². The van der Waals surface area contributed by atoms with Crippen LogP contribution in [0.25, 0.3) is 16.6 Å². The summed E-state index contributed by atoms with van der Waals surface area (Å²) in [5.41, 5.74) is 3.36. The molecule has 1 N–H and O–H groups in total. The molecule has 0 radical (unpaired) electrons. The summed E-state index contributed by atoms with van der Waals surface area (Å²) in [6.07, 6.45) is 1.63. The van der Waals surface area contributed by atoms with E-state index in [4.69, 9.17) is 0 Å². The number of fused-ring (bicyclic) bond motifs is 1. The van der Waals surface area contributed by atoms with Gasteiger partial charge in [0, 0.05) is 6.54 Å². The van der Waals surface area contributed by atoms with Crippen LogP contribution in [0.4, 0.5) is 0 Å². The van der Waals surface area contributed by atoms with E-state index in [1.165, 1.54) is 11.8 Å². The van der Waals surface area contributed by atoms with Gasteiger partial charge in [0.05, 0.1) is 22.3 Å². The lowest BCUT2D eigenvalue weighted by Crippen LogP contribution is -2.26. The third-order valence-electron chi connectivity index (χ3n) is 4.11. The van der Waals surface area contributed by atoms with Gasteiger partial charge >= 0.3 is 0 Å². The number of amides is 1. The molecule has 1 aromatic heterocycles. The molecular formula is C21H21N3O2S. The second kappa shape index (κ2) is 8.22. The summed E-state index contributed by atoms with van der Waals surface area (Å²) in [5, 5.41) is 3.79. The molecule has 2 aromatic carbocycles. The monoisotopic (exact) mass is 379 g/mol. The summed E-state index contributed by atoms with van der Waals surface area (Å²) in [4.78, 5) is 29.8. The molecule has 0 aliphatic carbocycles. The number of nitrogens with one attached hydrogen (secondary N) is 1. The minimum atomic E-state index is -0.137. The molecule has 0 saturated carbocycles. The molecule has 6 heteroatoms. The Morgan fingerprint density at radius 2 is 2.04 bits per heavy atom. The van der Waals surface area contributed by atoms with Crippen molar-refractivity contribution in [3.8, 4) is 5.69 Å². The molecule has 1 heterocycles. The van der Waals surface area contributed by atoms with Gasteiger partial charge in [-0.25, -0.2) is 4.98 Å². The van der Waals surface area contributed by atoms with Crippen LogP contribution in [-0.2, 0) is 4.79 Å². The molecule has 138 valence electrons. The lowest BCUT2D eigenvalue weighted by molar-refractivity contribution is -0.118. The summed E-state index contributed by atoms with van der Waals surface area (Å²) in [7, 11) is 0. The Labute approximate surface area is 162 Å². The zero-order valence-corrected chi connectivity index (χ0v) is 16.2. The van der Waals surface area contributed by atoms with Gasteiger partial charge in [-0.2, -0.15) is 0 Å². The predicted molar refractivity (Wildman–Crippen MR) is 111 cm³/mol. The Kier molecular flexibility index (Phi) is 5.76. The number of nitrogens with zero attached hydrogens (tertiary/aromatic N) is 2. The van der Waals surface area contributed by atoms with Gasteiger partial charge in [-0.3, -0.25) is 14.2 Å². The molecule has 0 spiro atoms. The summed E-state index contributed by atoms with van der Waals surface area (Å²) in [6, 6.07) is 13.2. The highest BCUT2D eigenvalue weighted by Crippen LogP contribution is 2.23. The number of benzene rings is 2. The van der Waals surface area contributed by atoms with Crippen molar-refractivity contribution in [1.82, 2.24) is 14.9 Å². The fraction of sp³-hybridized carbons (Fsp3) is 0.190. The van der Waals surface area contributed by atoms with Crippen molar-refractivity contribution in [2.24, 2.45) is 0 Å². The minimum absolute atomic E-state index is 0.130. The van der Waals surface area contributed by atoms with Crippen molar-refractivity contribution < 1.29 is 4.79 Å². The van der Waals surface area contributed by atoms with Crippen LogP contribution in [0.1, 0.15) is 11.1 Å². The molecule has 5 nitrogen and oxygen atoms in total. The van der Waals surface area contributed by atoms with Crippen molar-refractivity contribution in [2.75, 3.05) is 12.3 Å². The number of hydrogen-bond acceptors (Lipinski definition) is 4. The Hall–Kier alpha value is -2.86. The highest BCUT2D eigenvalue weighted by Gasteiger charge is 2.16. The van der Waals surface area contributed by atoms with E-state index in [2.05, 4.69) is 16.9 Å². The van der Waals surface area contributed by atoms with Crippen molar-refractivity contribution >= 4 is 28.6 Å². The first-order valence-corrected chi connectivity index (χ1v) is 9.59. The zero-order valence-electron chi connectivity index (χ0n) is 15.4. The van der Waals surface area contributed by atoms with Gasteiger partial charge in [-0.1, -0.05) is 47.7 Å². The summed E-state index contributed by atoms with van der Waals surface area (Å²) in [5.74, 6) is 0.0401. The molecule has 0 bridgehead atoms. The molecule has 27 heavy (non-hydrogen) atoms. The summed E-state index contributed by atoms with van der Waals surface area (Å²) >= 11 is 1.25. The first-order chi connectivity index (χ1) is 13.0. The lowest BCUT2D eigenvalue weighted by Gasteiger charge is -2.15. The van der Waals surface area contributed by atoms with Gasteiger partial charge in [0.15, 0.2) is 5.16 Å². The van der Waals surface area contributed by atoms with E-state index in [0.717, 1.165) is 16.8 Å². The Balaban J connectivity index is 2.11. The number of aryl methyl sites for hydroxylation is 2. The van der Waals surface area contributed by atoms with Crippen LogP contribution in [-0.4, -0.2) is 27.8 Å².